The van der Waals surface area contributed by atoms with Crippen molar-refractivity contribution in [2.45, 2.75) is 13.8 Å². The molecular weight excluding hydrogens is 274 g/mol. The second-order valence-electron chi connectivity index (χ2n) is 4.42. The lowest BCUT2D eigenvalue weighted by molar-refractivity contribution is 0.0600. The number of thiophene rings is 1. The van der Waals surface area contributed by atoms with Crippen LogP contribution in [0.3, 0.4) is 0 Å². The van der Waals surface area contributed by atoms with Gasteiger partial charge in [0.2, 0.25) is 0 Å². The van der Waals surface area contributed by atoms with E-state index in [1.54, 1.807) is 18.2 Å². The number of amides is 1. The zero-order valence-corrected chi connectivity index (χ0v) is 12.3. The van der Waals surface area contributed by atoms with E-state index in [0.717, 1.165) is 10.4 Å². The Morgan fingerprint density at radius 2 is 1.90 bits per heavy atom. The first-order valence-corrected chi connectivity index (χ1v) is 6.94. The number of anilines is 1. The molecule has 0 radical (unpaired) electrons. The molecule has 1 heterocycles. The number of esters is 1. The summed E-state index contributed by atoms with van der Waals surface area (Å²) in [4.78, 5) is 24.7. The molecule has 0 saturated carbocycles. The average molecular weight is 289 g/mol. The summed E-state index contributed by atoms with van der Waals surface area (Å²) in [5.41, 5.74) is 2.53. The number of benzene rings is 1. The molecule has 0 unspecified atom stereocenters. The maximum Gasteiger partial charge on any atom is 0.337 e. The number of carbonyl (C=O) groups is 2. The fraction of sp³-hybridized carbons (Fsp3) is 0.200. The standard InChI is InChI=1S/C15H15NO3S/c1-9-4-5-11(15(18)19-3)7-13(9)16-14(17)12-6-10(2)20-8-12/h4-8H,1-3H3,(H,16,17). The number of ether oxygens (including phenoxy) is 1. The van der Waals surface area contributed by atoms with E-state index >= 15 is 0 Å². The molecule has 0 aliphatic carbocycles. The number of methoxy groups -OCH3 is 1. The van der Waals surface area contributed by atoms with Gasteiger partial charge in [-0.3, -0.25) is 4.79 Å². The summed E-state index contributed by atoms with van der Waals surface area (Å²) in [6.07, 6.45) is 0. The second kappa shape index (κ2) is 5.88. The smallest absolute Gasteiger partial charge is 0.337 e. The lowest BCUT2D eigenvalue weighted by Gasteiger charge is -2.09. The molecule has 5 heteroatoms. The molecule has 4 nitrogen and oxygen atoms in total. The topological polar surface area (TPSA) is 55.4 Å². The molecular formula is C15H15NO3S. The maximum absolute atomic E-state index is 12.1. The first-order valence-electron chi connectivity index (χ1n) is 6.06. The molecule has 0 saturated heterocycles. The van der Waals surface area contributed by atoms with E-state index in [1.807, 2.05) is 25.3 Å². The van der Waals surface area contributed by atoms with Crippen LogP contribution < -0.4 is 5.32 Å². The van der Waals surface area contributed by atoms with E-state index in [4.69, 9.17) is 0 Å². The molecule has 20 heavy (non-hydrogen) atoms. The molecule has 0 aliphatic heterocycles. The first kappa shape index (κ1) is 14.3. The fourth-order valence-corrected chi connectivity index (χ4v) is 2.44. The Bertz CT molecular complexity index is 661. The van der Waals surface area contributed by atoms with Crippen molar-refractivity contribution in [1.82, 2.24) is 0 Å². The van der Waals surface area contributed by atoms with E-state index in [9.17, 15) is 9.59 Å². The van der Waals surface area contributed by atoms with Gasteiger partial charge in [-0.15, -0.1) is 11.3 Å². The summed E-state index contributed by atoms with van der Waals surface area (Å²) in [7, 11) is 1.33. The van der Waals surface area contributed by atoms with Gasteiger partial charge in [0.15, 0.2) is 0 Å². The largest absolute Gasteiger partial charge is 0.465 e. The lowest BCUT2D eigenvalue weighted by atomic mass is 10.1. The van der Waals surface area contributed by atoms with Crippen molar-refractivity contribution in [3.8, 4) is 0 Å². The molecule has 1 aromatic heterocycles. The Labute approximate surface area is 121 Å². The summed E-state index contributed by atoms with van der Waals surface area (Å²) in [5.74, 6) is -0.605. The Morgan fingerprint density at radius 1 is 1.15 bits per heavy atom. The predicted octanol–water partition coefficient (Wildman–Crippen LogP) is 3.40. The van der Waals surface area contributed by atoms with Gasteiger partial charge in [0.1, 0.15) is 0 Å². The van der Waals surface area contributed by atoms with E-state index in [-0.39, 0.29) is 5.91 Å². The van der Waals surface area contributed by atoms with Gasteiger partial charge in [-0.25, -0.2) is 4.79 Å². The Hall–Kier alpha value is -2.14. The molecule has 0 fully saturated rings. The van der Waals surface area contributed by atoms with E-state index in [1.165, 1.54) is 18.4 Å². The molecule has 0 bridgehead atoms. The Balaban J connectivity index is 2.24. The van der Waals surface area contributed by atoms with Gasteiger partial charge >= 0.3 is 5.97 Å². The quantitative estimate of drug-likeness (QED) is 0.881. The van der Waals surface area contributed by atoms with Crippen LogP contribution in [0, 0.1) is 13.8 Å². The average Bonchev–Trinajstić information content (AvgIpc) is 2.87. The normalized spacial score (nSPS) is 10.2. The molecule has 1 amide bonds. The monoisotopic (exact) mass is 289 g/mol. The molecule has 104 valence electrons. The SMILES string of the molecule is COC(=O)c1ccc(C)c(NC(=O)c2csc(C)c2)c1. The minimum atomic E-state index is -0.424. The van der Waals surface area contributed by atoms with Gasteiger partial charge in [-0.05, 0) is 37.6 Å². The summed E-state index contributed by atoms with van der Waals surface area (Å²) in [6, 6.07) is 6.91. The Kier molecular flexibility index (Phi) is 4.20. The summed E-state index contributed by atoms with van der Waals surface area (Å²) in [6.45, 7) is 3.82. The fourth-order valence-electron chi connectivity index (χ4n) is 1.76. The van der Waals surface area contributed by atoms with Crippen LogP contribution in [0.1, 0.15) is 31.2 Å². The third-order valence-corrected chi connectivity index (χ3v) is 3.76. The van der Waals surface area contributed by atoms with Crippen LogP contribution in [-0.4, -0.2) is 19.0 Å². The third-order valence-electron chi connectivity index (χ3n) is 2.90. The molecule has 0 spiro atoms. The third kappa shape index (κ3) is 3.05. The van der Waals surface area contributed by atoms with Gasteiger partial charge < -0.3 is 10.1 Å². The number of rotatable bonds is 3. The Morgan fingerprint density at radius 3 is 2.50 bits per heavy atom. The van der Waals surface area contributed by atoms with Crippen molar-refractivity contribution < 1.29 is 14.3 Å². The van der Waals surface area contributed by atoms with Crippen molar-refractivity contribution in [1.29, 1.82) is 0 Å². The number of carbonyl (C=O) groups excluding carboxylic acids is 2. The van der Waals surface area contributed by atoms with Crippen molar-refractivity contribution in [3.05, 3.63) is 51.2 Å². The highest BCUT2D eigenvalue weighted by Gasteiger charge is 2.12. The first-order chi connectivity index (χ1) is 9.51. The van der Waals surface area contributed by atoms with Crippen LogP contribution in [0.15, 0.2) is 29.6 Å². The second-order valence-corrected chi connectivity index (χ2v) is 5.54. The van der Waals surface area contributed by atoms with Crippen LogP contribution in [0.5, 0.6) is 0 Å². The maximum atomic E-state index is 12.1. The number of hydrogen-bond donors (Lipinski definition) is 1. The highest BCUT2D eigenvalue weighted by atomic mass is 32.1. The highest BCUT2D eigenvalue weighted by Crippen LogP contribution is 2.20. The number of aryl methyl sites for hydroxylation is 2. The van der Waals surface area contributed by atoms with E-state index in [2.05, 4.69) is 10.1 Å². The molecule has 0 atom stereocenters. The highest BCUT2D eigenvalue weighted by molar-refractivity contribution is 7.10. The van der Waals surface area contributed by atoms with Crippen LogP contribution in [0.2, 0.25) is 0 Å². The van der Waals surface area contributed by atoms with Crippen molar-refractivity contribution in [2.24, 2.45) is 0 Å². The summed E-state index contributed by atoms with van der Waals surface area (Å²) >= 11 is 1.52. The molecule has 0 aliphatic rings. The molecule has 2 rings (SSSR count). The number of nitrogens with one attached hydrogen (secondary N) is 1. The van der Waals surface area contributed by atoms with Crippen LogP contribution >= 0.6 is 11.3 Å². The van der Waals surface area contributed by atoms with Crippen molar-refractivity contribution >= 4 is 28.9 Å². The van der Waals surface area contributed by atoms with Crippen LogP contribution in [0.25, 0.3) is 0 Å². The van der Waals surface area contributed by atoms with Crippen LogP contribution in [0.4, 0.5) is 5.69 Å². The minimum absolute atomic E-state index is 0.181. The lowest BCUT2D eigenvalue weighted by Crippen LogP contribution is -2.13. The van der Waals surface area contributed by atoms with E-state index < -0.39 is 5.97 Å². The summed E-state index contributed by atoms with van der Waals surface area (Å²) in [5, 5.41) is 4.63. The van der Waals surface area contributed by atoms with Crippen molar-refractivity contribution in [2.75, 3.05) is 12.4 Å². The van der Waals surface area contributed by atoms with E-state index in [0.29, 0.717) is 16.8 Å². The van der Waals surface area contributed by atoms with Gasteiger partial charge in [-0.2, -0.15) is 0 Å². The minimum Gasteiger partial charge on any atom is -0.465 e. The molecule has 1 N–H and O–H groups in total. The number of hydrogen-bond acceptors (Lipinski definition) is 4. The van der Waals surface area contributed by atoms with Gasteiger partial charge in [0.05, 0.1) is 18.2 Å². The zero-order chi connectivity index (χ0) is 14.7. The molecule has 2 aromatic rings. The summed E-state index contributed by atoms with van der Waals surface area (Å²) < 4.78 is 4.67. The predicted molar refractivity (Wildman–Crippen MR) is 79.5 cm³/mol. The van der Waals surface area contributed by atoms with Gasteiger partial charge in [0, 0.05) is 15.9 Å². The van der Waals surface area contributed by atoms with Crippen LogP contribution in [-0.2, 0) is 4.74 Å². The van der Waals surface area contributed by atoms with Gasteiger partial charge in [-0.1, -0.05) is 6.07 Å². The van der Waals surface area contributed by atoms with Gasteiger partial charge in [0.25, 0.3) is 5.91 Å². The molecule has 1 aromatic carbocycles. The van der Waals surface area contributed by atoms with Crippen molar-refractivity contribution in [3.63, 3.8) is 0 Å². The zero-order valence-electron chi connectivity index (χ0n) is 11.5.